The van der Waals surface area contributed by atoms with Crippen LogP contribution in [0.15, 0.2) is 12.2 Å². The molecule has 5 nitrogen and oxygen atoms in total. The van der Waals surface area contributed by atoms with Gasteiger partial charge in [-0.05, 0) is 38.0 Å². The highest BCUT2D eigenvalue weighted by molar-refractivity contribution is 7.91. The molecule has 0 amide bonds. The van der Waals surface area contributed by atoms with E-state index in [0.29, 0.717) is 0 Å². The lowest BCUT2D eigenvalue weighted by Gasteiger charge is -2.39. The van der Waals surface area contributed by atoms with Crippen LogP contribution in [0.4, 0.5) is 0 Å². The number of hydrogen-bond acceptors (Lipinski definition) is 5. The van der Waals surface area contributed by atoms with Crippen LogP contribution in [0, 0.1) is 5.92 Å². The molecule has 0 aromatic carbocycles. The maximum atomic E-state index is 11.7. The van der Waals surface area contributed by atoms with Gasteiger partial charge < -0.3 is 10.0 Å². The van der Waals surface area contributed by atoms with Crippen LogP contribution in [-0.2, 0) is 9.84 Å². The van der Waals surface area contributed by atoms with Gasteiger partial charge in [0.15, 0.2) is 9.84 Å². The lowest BCUT2D eigenvalue weighted by molar-refractivity contribution is 0.0392. The van der Waals surface area contributed by atoms with Crippen molar-refractivity contribution in [3.05, 3.63) is 12.2 Å². The largest absolute Gasteiger partial charge is 0.390 e. The van der Waals surface area contributed by atoms with Crippen LogP contribution >= 0.6 is 0 Å². The molecule has 3 aliphatic rings. The van der Waals surface area contributed by atoms with Gasteiger partial charge in [0.2, 0.25) is 0 Å². The van der Waals surface area contributed by atoms with Crippen molar-refractivity contribution in [2.45, 2.75) is 44.2 Å². The van der Waals surface area contributed by atoms with Gasteiger partial charge in [0.05, 0.1) is 23.7 Å². The van der Waals surface area contributed by atoms with Crippen molar-refractivity contribution < 1.29 is 13.5 Å². The summed E-state index contributed by atoms with van der Waals surface area (Å²) in [6, 6.07) is -0.186. The molecule has 1 aliphatic carbocycles. The predicted molar refractivity (Wildman–Crippen MR) is 92.2 cm³/mol. The van der Waals surface area contributed by atoms with Crippen LogP contribution in [0.2, 0.25) is 0 Å². The fourth-order valence-electron chi connectivity index (χ4n) is 4.22. The fourth-order valence-corrected chi connectivity index (χ4v) is 6.05. The molecular weight excluding hydrogens is 312 g/mol. The number of rotatable bonds is 3. The SMILES string of the molecule is O=S1(=O)CC(O)C(N2CCN(CC3CC/C=C\CCC3)CC2)C1. The zero-order chi connectivity index (χ0) is 16.3. The molecule has 2 fully saturated rings. The Morgan fingerprint density at radius 1 is 1.00 bits per heavy atom. The minimum Gasteiger partial charge on any atom is -0.390 e. The van der Waals surface area contributed by atoms with Crippen molar-refractivity contribution in [2.24, 2.45) is 5.92 Å². The third-order valence-electron chi connectivity index (χ3n) is 5.58. The molecule has 0 aromatic rings. The summed E-state index contributed by atoms with van der Waals surface area (Å²) >= 11 is 0. The van der Waals surface area contributed by atoms with Gasteiger partial charge in [0.1, 0.15) is 0 Å². The summed E-state index contributed by atoms with van der Waals surface area (Å²) in [6.45, 7) is 4.92. The zero-order valence-corrected chi connectivity index (χ0v) is 14.8. The first-order valence-electron chi connectivity index (χ1n) is 9.03. The van der Waals surface area contributed by atoms with Crippen LogP contribution < -0.4 is 0 Å². The van der Waals surface area contributed by atoms with Crippen LogP contribution in [0.1, 0.15) is 32.1 Å². The molecule has 3 rings (SSSR count). The minimum absolute atomic E-state index is 0.0620. The average molecular weight is 343 g/mol. The van der Waals surface area contributed by atoms with Gasteiger partial charge >= 0.3 is 0 Å². The van der Waals surface area contributed by atoms with Gasteiger partial charge in [-0.2, -0.15) is 0 Å². The molecule has 2 saturated heterocycles. The Morgan fingerprint density at radius 3 is 2.43 bits per heavy atom. The second-order valence-corrected chi connectivity index (χ2v) is 9.55. The Balaban J connectivity index is 1.46. The maximum Gasteiger partial charge on any atom is 0.154 e. The molecule has 0 aromatic heterocycles. The number of aliphatic hydroxyl groups excluding tert-OH is 1. The van der Waals surface area contributed by atoms with Crippen LogP contribution in [0.5, 0.6) is 0 Å². The molecule has 0 saturated carbocycles. The van der Waals surface area contributed by atoms with Crippen LogP contribution in [0.3, 0.4) is 0 Å². The quantitative estimate of drug-likeness (QED) is 0.772. The standard InChI is InChI=1S/C17H30N2O3S/c20-17-14-23(21,22)13-16(17)19-10-8-18(9-11-19)12-15-6-4-2-1-3-5-7-15/h1-2,15-17,20H,3-14H2/b2-1-. The van der Waals surface area contributed by atoms with E-state index in [1.807, 2.05) is 0 Å². The first-order chi connectivity index (χ1) is 11.0. The van der Waals surface area contributed by atoms with Gasteiger partial charge in [-0.15, -0.1) is 0 Å². The molecule has 2 aliphatic heterocycles. The molecule has 6 heteroatoms. The third kappa shape index (κ3) is 4.78. The molecule has 0 bridgehead atoms. The molecule has 3 unspecified atom stereocenters. The molecular formula is C17H30N2O3S. The lowest BCUT2D eigenvalue weighted by atomic mass is 9.93. The van der Waals surface area contributed by atoms with Crippen molar-refractivity contribution in [3.8, 4) is 0 Å². The first-order valence-corrected chi connectivity index (χ1v) is 10.9. The van der Waals surface area contributed by atoms with Gasteiger partial charge in [-0.1, -0.05) is 12.2 Å². The summed E-state index contributed by atoms with van der Waals surface area (Å²) in [6.07, 6.45) is 10.3. The number of nitrogens with zero attached hydrogens (tertiary/aromatic N) is 2. The van der Waals surface area contributed by atoms with E-state index in [-0.39, 0.29) is 17.5 Å². The molecule has 1 N–H and O–H groups in total. The highest BCUT2D eigenvalue weighted by Gasteiger charge is 2.40. The summed E-state index contributed by atoms with van der Waals surface area (Å²) in [5.74, 6) is 0.861. The average Bonchev–Trinajstić information content (AvgIpc) is 2.75. The molecule has 23 heavy (non-hydrogen) atoms. The third-order valence-corrected chi connectivity index (χ3v) is 7.28. The smallest absolute Gasteiger partial charge is 0.154 e. The zero-order valence-electron chi connectivity index (χ0n) is 13.9. The van der Waals surface area contributed by atoms with E-state index in [1.54, 1.807) is 0 Å². The number of aliphatic hydroxyl groups is 1. The number of piperazine rings is 1. The van der Waals surface area contributed by atoms with Crippen LogP contribution in [-0.4, -0.2) is 79.7 Å². The lowest BCUT2D eigenvalue weighted by Crippen LogP contribution is -2.54. The normalized spacial score (nSPS) is 38.0. The van der Waals surface area contributed by atoms with Crippen molar-refractivity contribution in [2.75, 3.05) is 44.2 Å². The summed E-state index contributed by atoms with van der Waals surface area (Å²) in [7, 11) is -3.05. The van der Waals surface area contributed by atoms with E-state index in [0.717, 1.165) is 32.1 Å². The first kappa shape index (κ1) is 17.4. The molecule has 0 spiro atoms. The number of allylic oxidation sites excluding steroid dienone is 2. The number of sulfone groups is 1. The van der Waals surface area contributed by atoms with E-state index in [9.17, 15) is 13.5 Å². The molecule has 2 heterocycles. The number of hydrogen-bond donors (Lipinski definition) is 1. The highest BCUT2D eigenvalue weighted by atomic mass is 32.2. The van der Waals surface area contributed by atoms with Gasteiger partial charge in [0.25, 0.3) is 0 Å². The summed E-state index contributed by atoms with van der Waals surface area (Å²) in [4.78, 5) is 4.72. The monoisotopic (exact) mass is 342 g/mol. The molecule has 0 radical (unpaired) electrons. The maximum absolute atomic E-state index is 11.7. The van der Waals surface area contributed by atoms with E-state index in [2.05, 4.69) is 22.0 Å². The Hall–Kier alpha value is -0.430. The molecule has 3 atom stereocenters. The van der Waals surface area contributed by atoms with Gasteiger partial charge in [-0.25, -0.2) is 8.42 Å². The Morgan fingerprint density at radius 2 is 1.74 bits per heavy atom. The van der Waals surface area contributed by atoms with Crippen molar-refractivity contribution in [1.29, 1.82) is 0 Å². The minimum atomic E-state index is -3.05. The second-order valence-electron chi connectivity index (χ2n) is 7.39. The van der Waals surface area contributed by atoms with E-state index in [4.69, 9.17) is 0 Å². The topological polar surface area (TPSA) is 60.9 Å². The van der Waals surface area contributed by atoms with Crippen molar-refractivity contribution >= 4 is 9.84 Å². The van der Waals surface area contributed by atoms with Crippen molar-refractivity contribution in [1.82, 2.24) is 9.80 Å². The van der Waals surface area contributed by atoms with Crippen LogP contribution in [0.25, 0.3) is 0 Å². The second kappa shape index (κ2) is 7.64. The predicted octanol–water partition coefficient (Wildman–Crippen LogP) is 0.898. The highest BCUT2D eigenvalue weighted by Crippen LogP contribution is 2.23. The fraction of sp³-hybridized carbons (Fsp3) is 0.882. The van der Waals surface area contributed by atoms with Gasteiger partial charge in [-0.3, -0.25) is 4.90 Å². The van der Waals surface area contributed by atoms with E-state index < -0.39 is 15.9 Å². The van der Waals surface area contributed by atoms with E-state index in [1.165, 1.54) is 38.6 Å². The van der Waals surface area contributed by atoms with Crippen molar-refractivity contribution in [3.63, 3.8) is 0 Å². The van der Waals surface area contributed by atoms with E-state index >= 15 is 0 Å². The Kier molecular flexibility index (Phi) is 5.78. The van der Waals surface area contributed by atoms with Gasteiger partial charge in [0, 0.05) is 32.7 Å². The summed E-state index contributed by atoms with van der Waals surface area (Å²) < 4.78 is 23.4. The summed E-state index contributed by atoms with van der Waals surface area (Å²) in [5.41, 5.74) is 0. The summed E-state index contributed by atoms with van der Waals surface area (Å²) in [5, 5.41) is 10.0. The molecule has 132 valence electrons. The Bertz CT molecular complexity index is 512. The Labute approximate surface area is 140 Å².